The number of halogens is 1. The highest BCUT2D eigenvalue weighted by Gasteiger charge is 2.24. The van der Waals surface area contributed by atoms with E-state index in [1.807, 2.05) is 48.2 Å². The number of rotatable bonds is 9. The van der Waals surface area contributed by atoms with Gasteiger partial charge in [0.05, 0.1) is 13.0 Å². The zero-order chi connectivity index (χ0) is 21.3. The maximum absolute atomic E-state index is 13.9. The number of ether oxygens (including phenoxy) is 1. The van der Waals surface area contributed by atoms with Gasteiger partial charge in [-0.2, -0.15) is 0 Å². The van der Waals surface area contributed by atoms with E-state index in [-0.39, 0.29) is 11.7 Å². The molecule has 1 saturated heterocycles. The molecule has 2 aromatic carbocycles. The van der Waals surface area contributed by atoms with E-state index in [1.54, 1.807) is 13.2 Å². The summed E-state index contributed by atoms with van der Waals surface area (Å²) in [5.74, 6) is 0.502. The molecule has 0 saturated carbocycles. The summed E-state index contributed by atoms with van der Waals surface area (Å²) in [5.41, 5.74) is 3.00. The summed E-state index contributed by atoms with van der Waals surface area (Å²) in [6.07, 6.45) is 2.48. The van der Waals surface area contributed by atoms with Crippen molar-refractivity contribution in [2.75, 3.05) is 39.9 Å². The van der Waals surface area contributed by atoms with E-state index in [1.165, 1.54) is 6.07 Å². The van der Waals surface area contributed by atoms with Crippen LogP contribution in [-0.2, 0) is 22.5 Å². The molecule has 0 atom stereocenters. The molecule has 4 nitrogen and oxygen atoms in total. The number of carbonyl (C=O) groups excluding carboxylic acids is 1. The van der Waals surface area contributed by atoms with E-state index < -0.39 is 0 Å². The van der Waals surface area contributed by atoms with Crippen molar-refractivity contribution >= 4 is 5.91 Å². The van der Waals surface area contributed by atoms with Crippen molar-refractivity contribution in [2.45, 2.75) is 32.7 Å². The lowest BCUT2D eigenvalue weighted by atomic mass is 9.95. The van der Waals surface area contributed by atoms with Gasteiger partial charge >= 0.3 is 0 Å². The third kappa shape index (κ3) is 6.38. The van der Waals surface area contributed by atoms with Crippen LogP contribution in [-0.4, -0.2) is 55.6 Å². The number of aryl methyl sites for hydroxylation is 1. The predicted molar refractivity (Wildman–Crippen MR) is 118 cm³/mol. The van der Waals surface area contributed by atoms with Gasteiger partial charge in [-0.25, -0.2) is 4.39 Å². The van der Waals surface area contributed by atoms with Crippen molar-refractivity contribution in [3.8, 4) is 0 Å². The van der Waals surface area contributed by atoms with Gasteiger partial charge in [-0.05, 0) is 56.0 Å². The Hall–Kier alpha value is -2.24. The molecule has 1 fully saturated rings. The quantitative estimate of drug-likeness (QED) is 0.623. The molecule has 5 heteroatoms. The van der Waals surface area contributed by atoms with E-state index in [4.69, 9.17) is 4.74 Å². The Morgan fingerprint density at radius 1 is 1.10 bits per heavy atom. The van der Waals surface area contributed by atoms with Crippen molar-refractivity contribution < 1.29 is 13.9 Å². The van der Waals surface area contributed by atoms with Crippen LogP contribution in [0.2, 0.25) is 0 Å². The van der Waals surface area contributed by atoms with E-state index in [2.05, 4.69) is 4.90 Å². The largest absolute Gasteiger partial charge is 0.383 e. The molecule has 162 valence electrons. The van der Waals surface area contributed by atoms with Crippen LogP contribution in [0.25, 0.3) is 0 Å². The Bertz CT molecular complexity index is 818. The molecule has 0 bridgehead atoms. The minimum Gasteiger partial charge on any atom is -0.383 e. The lowest BCUT2D eigenvalue weighted by molar-refractivity contribution is -0.132. The zero-order valence-electron chi connectivity index (χ0n) is 18.1. The van der Waals surface area contributed by atoms with Crippen LogP contribution < -0.4 is 0 Å². The number of carbonyl (C=O) groups is 1. The molecule has 0 radical (unpaired) electrons. The maximum Gasteiger partial charge on any atom is 0.227 e. The van der Waals surface area contributed by atoms with E-state index in [0.717, 1.165) is 49.2 Å². The summed E-state index contributed by atoms with van der Waals surface area (Å²) < 4.78 is 19.2. The summed E-state index contributed by atoms with van der Waals surface area (Å²) in [6, 6.07) is 15.1. The number of nitrogens with zero attached hydrogens (tertiary/aromatic N) is 2. The molecule has 0 aliphatic carbocycles. The van der Waals surface area contributed by atoms with Gasteiger partial charge in [-0.15, -0.1) is 0 Å². The predicted octanol–water partition coefficient (Wildman–Crippen LogP) is 4.06. The molecule has 0 spiro atoms. The number of amides is 1. The van der Waals surface area contributed by atoms with Gasteiger partial charge in [-0.3, -0.25) is 9.69 Å². The molecular weight excluding hydrogens is 379 g/mol. The highest BCUT2D eigenvalue weighted by molar-refractivity contribution is 5.79. The van der Waals surface area contributed by atoms with Crippen molar-refractivity contribution in [3.63, 3.8) is 0 Å². The Kier molecular flexibility index (Phi) is 8.40. The van der Waals surface area contributed by atoms with Crippen LogP contribution in [0, 0.1) is 18.7 Å². The topological polar surface area (TPSA) is 32.8 Å². The second kappa shape index (κ2) is 11.2. The Balaban J connectivity index is 1.53. The third-order valence-corrected chi connectivity index (χ3v) is 6.06. The fourth-order valence-corrected chi connectivity index (χ4v) is 4.11. The van der Waals surface area contributed by atoms with Crippen LogP contribution in [0.15, 0.2) is 48.5 Å². The van der Waals surface area contributed by atoms with Gasteiger partial charge in [0.15, 0.2) is 0 Å². The Morgan fingerprint density at radius 2 is 1.77 bits per heavy atom. The molecule has 1 heterocycles. The van der Waals surface area contributed by atoms with Crippen LogP contribution in [0.1, 0.15) is 29.5 Å². The van der Waals surface area contributed by atoms with E-state index in [0.29, 0.717) is 32.0 Å². The van der Waals surface area contributed by atoms with Gasteiger partial charge < -0.3 is 9.64 Å². The monoisotopic (exact) mass is 412 g/mol. The number of likely N-dealkylation sites (tertiary alicyclic amines) is 1. The molecule has 3 rings (SSSR count). The first-order valence-electron chi connectivity index (χ1n) is 10.8. The fourth-order valence-electron chi connectivity index (χ4n) is 4.11. The van der Waals surface area contributed by atoms with Gasteiger partial charge in [0.25, 0.3) is 0 Å². The lowest BCUT2D eigenvalue weighted by Crippen LogP contribution is -2.42. The molecule has 1 aliphatic heterocycles. The average Bonchev–Trinajstić information content (AvgIpc) is 2.75. The van der Waals surface area contributed by atoms with Gasteiger partial charge in [-0.1, -0.05) is 42.5 Å². The van der Waals surface area contributed by atoms with Crippen molar-refractivity contribution in [2.24, 2.45) is 5.92 Å². The third-order valence-electron chi connectivity index (χ3n) is 6.06. The summed E-state index contributed by atoms with van der Waals surface area (Å²) in [4.78, 5) is 17.3. The number of piperidine rings is 1. The number of hydrogen-bond donors (Lipinski definition) is 0. The average molecular weight is 413 g/mol. The van der Waals surface area contributed by atoms with E-state index >= 15 is 0 Å². The lowest BCUT2D eigenvalue weighted by Gasteiger charge is -2.35. The summed E-state index contributed by atoms with van der Waals surface area (Å²) in [6.45, 7) is 6.50. The molecular formula is C25H33FN2O2. The molecule has 30 heavy (non-hydrogen) atoms. The normalized spacial score (nSPS) is 15.3. The van der Waals surface area contributed by atoms with Gasteiger partial charge in [0.2, 0.25) is 5.91 Å². The maximum atomic E-state index is 13.9. The smallest absolute Gasteiger partial charge is 0.227 e. The van der Waals surface area contributed by atoms with Gasteiger partial charge in [0.1, 0.15) is 5.82 Å². The summed E-state index contributed by atoms with van der Waals surface area (Å²) in [7, 11) is 1.67. The van der Waals surface area contributed by atoms with Crippen LogP contribution in [0.3, 0.4) is 0 Å². The van der Waals surface area contributed by atoms with Gasteiger partial charge in [0, 0.05) is 32.3 Å². The first kappa shape index (κ1) is 22.4. The second-order valence-corrected chi connectivity index (χ2v) is 8.25. The minimum atomic E-state index is -0.132. The summed E-state index contributed by atoms with van der Waals surface area (Å²) >= 11 is 0. The van der Waals surface area contributed by atoms with E-state index in [9.17, 15) is 9.18 Å². The van der Waals surface area contributed by atoms with Crippen LogP contribution >= 0.6 is 0 Å². The number of hydrogen-bond acceptors (Lipinski definition) is 3. The first-order valence-corrected chi connectivity index (χ1v) is 10.8. The Labute approximate surface area is 179 Å². The highest BCUT2D eigenvalue weighted by Crippen LogP contribution is 2.21. The molecule has 2 aromatic rings. The van der Waals surface area contributed by atoms with Crippen molar-refractivity contribution in [3.05, 3.63) is 71.0 Å². The zero-order valence-corrected chi connectivity index (χ0v) is 18.1. The first-order chi connectivity index (χ1) is 14.6. The van der Waals surface area contributed by atoms with Crippen molar-refractivity contribution in [1.29, 1.82) is 0 Å². The molecule has 1 amide bonds. The molecule has 0 aromatic heterocycles. The SMILES string of the molecule is COCCN(CC1CCN(Cc2ccccc2F)CC1)C(=O)Cc1ccccc1C. The summed E-state index contributed by atoms with van der Waals surface area (Å²) in [5, 5.41) is 0. The molecule has 1 aliphatic rings. The minimum absolute atomic E-state index is 0.132. The molecule has 0 N–H and O–H groups in total. The Morgan fingerprint density at radius 3 is 2.43 bits per heavy atom. The number of methoxy groups -OCH3 is 1. The van der Waals surface area contributed by atoms with Crippen LogP contribution in [0.5, 0.6) is 0 Å². The highest BCUT2D eigenvalue weighted by atomic mass is 19.1. The van der Waals surface area contributed by atoms with Crippen molar-refractivity contribution in [1.82, 2.24) is 9.80 Å². The number of benzene rings is 2. The standard InChI is InChI=1S/C25H33FN2O2/c1-20-7-3-4-8-22(20)17-25(29)28(15-16-30-2)18-21-11-13-27(14-12-21)19-23-9-5-6-10-24(23)26/h3-10,21H,11-19H2,1-2H3. The fraction of sp³-hybridized carbons (Fsp3) is 0.480. The second-order valence-electron chi connectivity index (χ2n) is 8.25. The molecule has 0 unspecified atom stereocenters. The van der Waals surface area contributed by atoms with Crippen LogP contribution in [0.4, 0.5) is 4.39 Å².